The number of amides is 1. The van der Waals surface area contributed by atoms with Crippen LogP contribution < -0.4 is 11.1 Å². The van der Waals surface area contributed by atoms with Crippen LogP contribution in [0.1, 0.15) is 34.5 Å². The molecule has 1 amide bonds. The zero-order chi connectivity index (χ0) is 14.7. The molecule has 0 aromatic heterocycles. The van der Waals surface area contributed by atoms with Crippen LogP contribution in [0.25, 0.3) is 0 Å². The number of hydrogen-bond donors (Lipinski definition) is 2. The molecule has 2 aromatic carbocycles. The van der Waals surface area contributed by atoms with Gasteiger partial charge in [0.05, 0.1) is 11.6 Å². The van der Waals surface area contributed by atoms with Crippen molar-refractivity contribution in [1.82, 2.24) is 5.32 Å². The SMILES string of the molecule is Cc1cccc(C(=O)NC(C)c2ccc(N)cc2)c1F. The fraction of sp³-hybridized carbons (Fsp3) is 0.188. The third-order valence-corrected chi connectivity index (χ3v) is 3.22. The van der Waals surface area contributed by atoms with Gasteiger partial charge in [0.25, 0.3) is 5.91 Å². The Hall–Kier alpha value is -2.36. The quantitative estimate of drug-likeness (QED) is 0.843. The Morgan fingerprint density at radius 3 is 2.50 bits per heavy atom. The average molecular weight is 272 g/mol. The van der Waals surface area contributed by atoms with E-state index in [0.29, 0.717) is 11.3 Å². The number of hydrogen-bond acceptors (Lipinski definition) is 2. The third kappa shape index (κ3) is 2.96. The Labute approximate surface area is 117 Å². The molecule has 3 N–H and O–H groups in total. The van der Waals surface area contributed by atoms with Crippen LogP contribution >= 0.6 is 0 Å². The van der Waals surface area contributed by atoms with Crippen molar-refractivity contribution in [2.45, 2.75) is 19.9 Å². The number of anilines is 1. The van der Waals surface area contributed by atoms with Gasteiger partial charge in [-0.2, -0.15) is 0 Å². The highest BCUT2D eigenvalue weighted by Gasteiger charge is 2.15. The van der Waals surface area contributed by atoms with Crippen LogP contribution in [0.4, 0.5) is 10.1 Å². The second-order valence-corrected chi connectivity index (χ2v) is 4.80. The van der Waals surface area contributed by atoms with Crippen molar-refractivity contribution < 1.29 is 9.18 Å². The number of aryl methyl sites for hydroxylation is 1. The molecule has 0 fully saturated rings. The van der Waals surface area contributed by atoms with E-state index in [1.54, 1.807) is 31.2 Å². The minimum absolute atomic E-state index is 0.0623. The lowest BCUT2D eigenvalue weighted by Gasteiger charge is -2.15. The van der Waals surface area contributed by atoms with Crippen LogP contribution in [0.3, 0.4) is 0 Å². The van der Waals surface area contributed by atoms with E-state index in [2.05, 4.69) is 5.32 Å². The Balaban J connectivity index is 2.15. The predicted molar refractivity (Wildman–Crippen MR) is 77.9 cm³/mol. The summed E-state index contributed by atoms with van der Waals surface area (Å²) in [5.74, 6) is -0.898. The highest BCUT2D eigenvalue weighted by atomic mass is 19.1. The van der Waals surface area contributed by atoms with Crippen LogP contribution in [0.5, 0.6) is 0 Å². The van der Waals surface area contributed by atoms with E-state index in [-0.39, 0.29) is 11.6 Å². The normalized spacial score (nSPS) is 11.9. The van der Waals surface area contributed by atoms with Gasteiger partial charge >= 0.3 is 0 Å². The first kappa shape index (κ1) is 14.1. The molecular weight excluding hydrogens is 255 g/mol. The van der Waals surface area contributed by atoms with Gasteiger partial charge in [-0.1, -0.05) is 24.3 Å². The average Bonchev–Trinajstić information content (AvgIpc) is 2.42. The molecular formula is C16H17FN2O. The highest BCUT2D eigenvalue weighted by molar-refractivity contribution is 5.94. The molecule has 2 aromatic rings. The summed E-state index contributed by atoms with van der Waals surface area (Å²) in [5.41, 5.74) is 7.72. The maximum absolute atomic E-state index is 13.9. The number of benzene rings is 2. The monoisotopic (exact) mass is 272 g/mol. The Bertz CT molecular complexity index is 623. The molecule has 20 heavy (non-hydrogen) atoms. The summed E-state index contributed by atoms with van der Waals surface area (Å²) in [6.07, 6.45) is 0. The maximum Gasteiger partial charge on any atom is 0.254 e. The van der Waals surface area contributed by atoms with Gasteiger partial charge in [-0.05, 0) is 43.2 Å². The molecule has 104 valence electrons. The van der Waals surface area contributed by atoms with Crippen molar-refractivity contribution in [2.75, 3.05) is 5.73 Å². The number of nitrogens with two attached hydrogens (primary N) is 1. The fourth-order valence-electron chi connectivity index (χ4n) is 1.97. The van der Waals surface area contributed by atoms with Gasteiger partial charge in [-0.3, -0.25) is 4.79 Å². The van der Waals surface area contributed by atoms with Crippen molar-refractivity contribution in [1.29, 1.82) is 0 Å². The number of nitrogen functional groups attached to an aromatic ring is 1. The van der Waals surface area contributed by atoms with Gasteiger partial charge in [0.2, 0.25) is 0 Å². The lowest BCUT2D eigenvalue weighted by molar-refractivity contribution is 0.0935. The smallest absolute Gasteiger partial charge is 0.254 e. The molecule has 0 saturated heterocycles. The fourth-order valence-corrected chi connectivity index (χ4v) is 1.97. The van der Waals surface area contributed by atoms with Crippen molar-refractivity contribution in [3.05, 3.63) is 65.0 Å². The molecule has 1 atom stereocenters. The van der Waals surface area contributed by atoms with Gasteiger partial charge in [0, 0.05) is 5.69 Å². The van der Waals surface area contributed by atoms with Crippen molar-refractivity contribution in [3.8, 4) is 0 Å². The largest absolute Gasteiger partial charge is 0.399 e. The Kier molecular flexibility index (Phi) is 4.03. The third-order valence-electron chi connectivity index (χ3n) is 3.22. The summed E-state index contributed by atoms with van der Waals surface area (Å²) in [6.45, 7) is 3.48. The molecule has 0 bridgehead atoms. The topological polar surface area (TPSA) is 55.1 Å². The first-order valence-corrected chi connectivity index (χ1v) is 6.40. The molecule has 1 unspecified atom stereocenters. The summed E-state index contributed by atoms with van der Waals surface area (Å²) >= 11 is 0. The first-order valence-electron chi connectivity index (χ1n) is 6.40. The summed E-state index contributed by atoms with van der Waals surface area (Å²) in [5, 5.41) is 2.78. The molecule has 2 rings (SSSR count). The minimum atomic E-state index is -0.477. The van der Waals surface area contributed by atoms with Gasteiger partial charge < -0.3 is 11.1 Å². The molecule has 0 heterocycles. The van der Waals surface area contributed by atoms with Crippen molar-refractivity contribution in [3.63, 3.8) is 0 Å². The standard InChI is InChI=1S/C16H17FN2O/c1-10-4-3-5-14(15(10)17)16(20)19-11(2)12-6-8-13(18)9-7-12/h3-9,11H,18H2,1-2H3,(H,19,20). The molecule has 4 heteroatoms. The summed E-state index contributed by atoms with van der Waals surface area (Å²) in [6, 6.07) is 11.8. The van der Waals surface area contributed by atoms with Crippen LogP contribution in [0.2, 0.25) is 0 Å². The summed E-state index contributed by atoms with van der Waals surface area (Å²) in [7, 11) is 0. The zero-order valence-corrected chi connectivity index (χ0v) is 11.5. The predicted octanol–water partition coefficient (Wildman–Crippen LogP) is 3.21. The summed E-state index contributed by atoms with van der Waals surface area (Å²) in [4.78, 5) is 12.1. The van der Waals surface area contributed by atoms with Gasteiger partial charge in [-0.25, -0.2) is 4.39 Å². The second-order valence-electron chi connectivity index (χ2n) is 4.80. The van der Waals surface area contributed by atoms with E-state index < -0.39 is 11.7 Å². The van der Waals surface area contributed by atoms with Crippen LogP contribution in [-0.4, -0.2) is 5.91 Å². The van der Waals surface area contributed by atoms with E-state index in [9.17, 15) is 9.18 Å². The van der Waals surface area contributed by atoms with Crippen LogP contribution in [0.15, 0.2) is 42.5 Å². The van der Waals surface area contributed by atoms with E-state index in [1.165, 1.54) is 6.07 Å². The molecule has 3 nitrogen and oxygen atoms in total. The minimum Gasteiger partial charge on any atom is -0.399 e. The van der Waals surface area contributed by atoms with Crippen LogP contribution in [-0.2, 0) is 0 Å². The number of carbonyl (C=O) groups excluding carboxylic acids is 1. The summed E-state index contributed by atoms with van der Waals surface area (Å²) < 4.78 is 13.9. The molecule has 0 aliphatic rings. The number of rotatable bonds is 3. The van der Waals surface area contributed by atoms with E-state index in [4.69, 9.17) is 5.73 Å². The maximum atomic E-state index is 13.9. The number of halogens is 1. The number of carbonyl (C=O) groups is 1. The zero-order valence-electron chi connectivity index (χ0n) is 11.5. The van der Waals surface area contributed by atoms with Crippen LogP contribution in [0, 0.1) is 12.7 Å². The molecule has 0 saturated carbocycles. The highest BCUT2D eigenvalue weighted by Crippen LogP contribution is 2.17. The van der Waals surface area contributed by atoms with E-state index in [1.807, 2.05) is 19.1 Å². The lowest BCUT2D eigenvalue weighted by Crippen LogP contribution is -2.27. The first-order chi connectivity index (χ1) is 9.49. The Morgan fingerprint density at radius 1 is 1.20 bits per heavy atom. The molecule has 0 aliphatic carbocycles. The Morgan fingerprint density at radius 2 is 1.85 bits per heavy atom. The van der Waals surface area contributed by atoms with E-state index >= 15 is 0 Å². The van der Waals surface area contributed by atoms with Gasteiger partial charge in [0.1, 0.15) is 5.82 Å². The molecule has 0 radical (unpaired) electrons. The van der Waals surface area contributed by atoms with Crippen molar-refractivity contribution >= 4 is 11.6 Å². The lowest BCUT2D eigenvalue weighted by atomic mass is 10.1. The second kappa shape index (κ2) is 5.74. The van der Waals surface area contributed by atoms with Gasteiger partial charge in [0.15, 0.2) is 0 Å². The molecule has 0 spiro atoms. The van der Waals surface area contributed by atoms with E-state index in [0.717, 1.165) is 5.56 Å². The molecule has 0 aliphatic heterocycles. The van der Waals surface area contributed by atoms with Gasteiger partial charge in [-0.15, -0.1) is 0 Å². The van der Waals surface area contributed by atoms with Crippen molar-refractivity contribution in [2.24, 2.45) is 0 Å². The number of nitrogens with one attached hydrogen (secondary N) is 1.